The molecule has 7 aromatic rings. The Morgan fingerprint density at radius 3 is 2.19 bits per heavy atom. The Morgan fingerprint density at radius 2 is 1.48 bits per heavy atom. The van der Waals surface area contributed by atoms with Crippen LogP contribution >= 0.6 is 0 Å². The third kappa shape index (κ3) is 7.50. The highest BCUT2D eigenvalue weighted by molar-refractivity contribution is 6.12. The predicted molar refractivity (Wildman–Crippen MR) is 220 cm³/mol. The molecule has 0 bridgehead atoms. The van der Waals surface area contributed by atoms with Crippen molar-refractivity contribution in [2.45, 2.75) is 67.2 Å². The van der Waals surface area contributed by atoms with E-state index in [-0.39, 0.29) is 5.91 Å². The van der Waals surface area contributed by atoms with Crippen LogP contribution < -0.4 is 21.5 Å². The van der Waals surface area contributed by atoms with Crippen LogP contribution in [-0.2, 0) is 30.9 Å². The zero-order valence-electron chi connectivity index (χ0n) is 33.4. The summed E-state index contributed by atoms with van der Waals surface area (Å²) < 4.78 is 18.9. The fourth-order valence-corrected chi connectivity index (χ4v) is 7.26. The minimum absolute atomic E-state index is 0.290. The van der Waals surface area contributed by atoms with E-state index in [2.05, 4.69) is 15.5 Å². The van der Waals surface area contributed by atoms with Crippen molar-refractivity contribution in [3.63, 3.8) is 0 Å². The number of benzene rings is 2. The molecule has 0 saturated carbocycles. The van der Waals surface area contributed by atoms with Crippen molar-refractivity contribution < 1.29 is 23.9 Å². The first-order valence-corrected chi connectivity index (χ1v) is 19.0. The van der Waals surface area contributed by atoms with Crippen molar-refractivity contribution in [2.75, 3.05) is 25.6 Å². The number of rotatable bonds is 16. The van der Waals surface area contributed by atoms with Crippen LogP contribution in [0.5, 0.6) is 5.75 Å². The monoisotopic (exact) mass is 786 g/mol. The number of imidazole rings is 1. The smallest absolute Gasteiger partial charge is 0.276 e. The molecular formula is C41H46N12O5. The first kappa shape index (κ1) is 39.4. The molecule has 5 N–H and O–H groups in total. The molecule has 0 spiro atoms. The Balaban J connectivity index is 1.32. The Morgan fingerprint density at radius 1 is 0.793 bits per heavy atom. The third-order valence-corrected chi connectivity index (χ3v) is 9.84. The highest BCUT2D eigenvalue weighted by Crippen LogP contribution is 2.36. The van der Waals surface area contributed by atoms with Crippen LogP contribution in [0.1, 0.15) is 68.4 Å². The number of nitrogens with one attached hydrogen (secondary N) is 1. The second-order valence-electron chi connectivity index (χ2n) is 13.9. The van der Waals surface area contributed by atoms with E-state index >= 15 is 0 Å². The molecule has 0 aliphatic rings. The van der Waals surface area contributed by atoms with Crippen molar-refractivity contribution in [2.24, 2.45) is 11.5 Å². The van der Waals surface area contributed by atoms with Crippen LogP contribution in [0.3, 0.4) is 0 Å². The molecule has 0 aliphatic carbocycles. The van der Waals surface area contributed by atoms with Crippen LogP contribution in [0.25, 0.3) is 44.5 Å². The molecule has 5 heterocycles. The number of primary amides is 2. The molecule has 58 heavy (non-hydrogen) atoms. The quantitative estimate of drug-likeness (QED) is 0.0872. The SMILES string of the molecule is CCn1nc(C)cc1C(=O)Nc1nc2cc(C(N)=O)cc(C)c2n1C/C=C/Cn1c2nc(-c3cc(C)nn3CC)ncc2c2cc(C(N)=O)cc(OCCCOC)c21. The van der Waals surface area contributed by atoms with Gasteiger partial charge in [-0.05, 0) is 76.6 Å². The van der Waals surface area contributed by atoms with E-state index in [1.807, 2.05) is 66.7 Å². The lowest BCUT2D eigenvalue weighted by atomic mass is 10.1. The van der Waals surface area contributed by atoms with Crippen molar-refractivity contribution >= 4 is 56.6 Å². The zero-order chi connectivity index (χ0) is 41.2. The molecule has 5 aromatic heterocycles. The van der Waals surface area contributed by atoms with Gasteiger partial charge in [0.15, 0.2) is 5.82 Å². The van der Waals surface area contributed by atoms with E-state index in [1.165, 1.54) is 0 Å². The first-order chi connectivity index (χ1) is 27.9. The first-order valence-electron chi connectivity index (χ1n) is 19.0. The van der Waals surface area contributed by atoms with E-state index in [0.29, 0.717) is 113 Å². The van der Waals surface area contributed by atoms with Crippen LogP contribution in [0.4, 0.5) is 5.95 Å². The molecule has 7 rings (SSSR count). The molecule has 0 radical (unpaired) electrons. The summed E-state index contributed by atoms with van der Waals surface area (Å²) in [6.07, 6.45) is 6.33. The summed E-state index contributed by atoms with van der Waals surface area (Å²) in [5.74, 6) is -0.283. The van der Waals surface area contributed by atoms with Crippen molar-refractivity contribution in [3.05, 3.63) is 88.5 Å². The molecular weight excluding hydrogens is 741 g/mol. The van der Waals surface area contributed by atoms with Gasteiger partial charge in [0, 0.05) is 74.4 Å². The summed E-state index contributed by atoms with van der Waals surface area (Å²) in [7, 11) is 1.63. The maximum absolute atomic E-state index is 13.6. The lowest BCUT2D eigenvalue weighted by molar-refractivity contribution is 0.0991. The standard InChI is InChI=1S/C41H46N12O5/c1-7-52-31(17-24(4)48-52)38-44-22-29-28-19-27(37(43)55)21-33(58-15-11-14-57-6)35(28)50(39(29)46-38)12-9-10-13-51-34-23(3)16-26(36(42)54)20-30(34)45-41(51)47-40(56)32-18-25(5)49-53(32)8-2/h9-10,16-22H,7-8,11-15H2,1-6H3,(H2,42,54)(H2,43,55)(H,45,47,56)/b10-9+. The minimum atomic E-state index is -0.590. The van der Waals surface area contributed by atoms with Gasteiger partial charge >= 0.3 is 0 Å². The van der Waals surface area contributed by atoms with Crippen LogP contribution in [0.2, 0.25) is 0 Å². The van der Waals surface area contributed by atoms with Crippen molar-refractivity contribution in [1.29, 1.82) is 0 Å². The molecule has 300 valence electrons. The van der Waals surface area contributed by atoms with Gasteiger partial charge in [-0.2, -0.15) is 10.2 Å². The molecule has 17 heteroatoms. The fraction of sp³-hybridized carbons (Fsp3) is 0.317. The van der Waals surface area contributed by atoms with Gasteiger partial charge in [0.05, 0.1) is 34.5 Å². The Kier molecular flexibility index (Phi) is 11.1. The molecule has 3 amide bonds. The van der Waals surface area contributed by atoms with E-state index in [0.717, 1.165) is 22.5 Å². The number of amides is 3. The van der Waals surface area contributed by atoms with Gasteiger partial charge in [-0.3, -0.25) is 29.1 Å². The average molecular weight is 787 g/mol. The number of ether oxygens (including phenoxy) is 2. The van der Waals surface area contributed by atoms with Gasteiger partial charge in [0.1, 0.15) is 22.8 Å². The maximum Gasteiger partial charge on any atom is 0.276 e. The predicted octanol–water partition coefficient (Wildman–Crippen LogP) is 5.08. The van der Waals surface area contributed by atoms with Crippen LogP contribution in [0, 0.1) is 20.8 Å². The minimum Gasteiger partial charge on any atom is -0.491 e. The molecule has 0 saturated heterocycles. The summed E-state index contributed by atoms with van der Waals surface area (Å²) in [6.45, 7) is 12.2. The molecule has 17 nitrogen and oxygen atoms in total. The van der Waals surface area contributed by atoms with E-state index in [9.17, 15) is 14.4 Å². The molecule has 0 aliphatic heterocycles. The summed E-state index contributed by atoms with van der Waals surface area (Å²) in [5, 5.41) is 13.4. The number of nitrogens with two attached hydrogens (primary N) is 2. The number of aryl methyl sites for hydroxylation is 5. The third-order valence-electron chi connectivity index (χ3n) is 9.84. The number of nitrogens with zero attached hydrogens (tertiary/aromatic N) is 9. The maximum atomic E-state index is 13.6. The van der Waals surface area contributed by atoms with Gasteiger partial charge in [-0.1, -0.05) is 12.2 Å². The highest BCUT2D eigenvalue weighted by Gasteiger charge is 2.23. The molecule has 0 atom stereocenters. The molecule has 0 fully saturated rings. The number of anilines is 1. The summed E-state index contributed by atoms with van der Waals surface area (Å²) in [6, 6.07) is 10.4. The topological polar surface area (TPSA) is 218 Å². The van der Waals surface area contributed by atoms with Gasteiger partial charge in [-0.25, -0.2) is 15.0 Å². The summed E-state index contributed by atoms with van der Waals surface area (Å²) >= 11 is 0. The highest BCUT2D eigenvalue weighted by atomic mass is 16.5. The van der Waals surface area contributed by atoms with E-state index in [4.69, 9.17) is 35.9 Å². The zero-order valence-corrected chi connectivity index (χ0v) is 33.4. The summed E-state index contributed by atoms with van der Waals surface area (Å²) in [5.41, 5.74) is 18.1. The van der Waals surface area contributed by atoms with Crippen LogP contribution in [0.15, 0.2) is 54.7 Å². The van der Waals surface area contributed by atoms with Gasteiger partial charge in [0.25, 0.3) is 5.91 Å². The van der Waals surface area contributed by atoms with Crippen molar-refractivity contribution in [3.8, 4) is 17.3 Å². The Hall–Kier alpha value is -6.88. The Labute approximate surface area is 333 Å². The molecule has 0 unspecified atom stereocenters. The Bertz CT molecular complexity index is 2750. The van der Waals surface area contributed by atoms with E-state index in [1.54, 1.807) is 48.3 Å². The number of methoxy groups -OCH3 is 1. The number of aromatic nitrogens is 9. The number of hydrogen-bond donors (Lipinski definition) is 3. The second-order valence-corrected chi connectivity index (χ2v) is 13.9. The lowest BCUT2D eigenvalue weighted by Crippen LogP contribution is -2.20. The number of carbonyl (C=O) groups excluding carboxylic acids is 3. The van der Waals surface area contributed by atoms with Crippen molar-refractivity contribution in [1.82, 2.24) is 43.6 Å². The van der Waals surface area contributed by atoms with Gasteiger partial charge < -0.3 is 30.1 Å². The number of carbonyl (C=O) groups is 3. The number of hydrogen-bond acceptors (Lipinski definition) is 10. The van der Waals surface area contributed by atoms with Gasteiger partial charge in [-0.15, -0.1) is 0 Å². The fourth-order valence-electron chi connectivity index (χ4n) is 7.26. The summed E-state index contributed by atoms with van der Waals surface area (Å²) in [4.78, 5) is 52.9. The number of allylic oxidation sites excluding steroid dienone is 2. The van der Waals surface area contributed by atoms with E-state index < -0.39 is 11.8 Å². The molecule has 2 aromatic carbocycles. The number of fused-ring (bicyclic) bond motifs is 4. The largest absolute Gasteiger partial charge is 0.491 e. The van der Waals surface area contributed by atoms with Crippen LogP contribution in [-0.4, -0.2) is 81.7 Å². The lowest BCUT2D eigenvalue weighted by Gasteiger charge is -2.12. The van der Waals surface area contributed by atoms with Gasteiger partial charge in [0.2, 0.25) is 17.8 Å². The second kappa shape index (κ2) is 16.3. The normalized spacial score (nSPS) is 11.8. The average Bonchev–Trinajstić information content (AvgIpc) is 3.96.